The normalized spacial score (nSPS) is 22.5. The van der Waals surface area contributed by atoms with Crippen molar-refractivity contribution in [2.75, 3.05) is 18.4 Å². The maximum Gasteiger partial charge on any atom is 0.231 e. The van der Waals surface area contributed by atoms with Crippen molar-refractivity contribution in [2.24, 2.45) is 5.41 Å². The molecule has 0 spiro atoms. The minimum atomic E-state index is -0.277. The number of carbonyl (C=O) groups excluding carboxylic acids is 1. The lowest BCUT2D eigenvalue weighted by atomic mass is 9.81. The maximum atomic E-state index is 12.6. The first-order valence-electron chi connectivity index (χ1n) is 6.86. The molecule has 0 aliphatic carbocycles. The summed E-state index contributed by atoms with van der Waals surface area (Å²) in [6.07, 6.45) is 2.82. The maximum absolute atomic E-state index is 12.6. The Morgan fingerprint density at radius 1 is 1.53 bits per heavy atom. The SMILES string of the molecule is CCCC1(C(=O)Nc2c(C)cccc2Cl)CCNC1. The average Bonchev–Trinajstić information content (AvgIpc) is 2.84. The van der Waals surface area contributed by atoms with E-state index in [0.717, 1.165) is 43.6 Å². The molecule has 1 saturated heterocycles. The number of hydrogen-bond acceptors (Lipinski definition) is 2. The number of hydrogen-bond donors (Lipinski definition) is 2. The van der Waals surface area contributed by atoms with Crippen molar-refractivity contribution in [1.29, 1.82) is 0 Å². The highest BCUT2D eigenvalue weighted by atomic mass is 35.5. The Morgan fingerprint density at radius 2 is 2.32 bits per heavy atom. The molecule has 2 rings (SSSR count). The Hall–Kier alpha value is -1.06. The van der Waals surface area contributed by atoms with Gasteiger partial charge in [0.15, 0.2) is 0 Å². The summed E-state index contributed by atoms with van der Waals surface area (Å²) in [7, 11) is 0. The van der Waals surface area contributed by atoms with Crippen molar-refractivity contribution in [3.63, 3.8) is 0 Å². The van der Waals surface area contributed by atoms with Gasteiger partial charge in [-0.1, -0.05) is 37.1 Å². The molecule has 0 bridgehead atoms. The first-order chi connectivity index (χ1) is 9.09. The molecule has 0 saturated carbocycles. The van der Waals surface area contributed by atoms with Crippen LogP contribution in [0.15, 0.2) is 18.2 Å². The van der Waals surface area contributed by atoms with E-state index in [9.17, 15) is 4.79 Å². The lowest BCUT2D eigenvalue weighted by Gasteiger charge is -2.27. The van der Waals surface area contributed by atoms with Crippen molar-refractivity contribution in [3.8, 4) is 0 Å². The van der Waals surface area contributed by atoms with Crippen LogP contribution in [0.2, 0.25) is 5.02 Å². The number of anilines is 1. The molecular formula is C15H21ClN2O. The zero-order valence-electron chi connectivity index (χ0n) is 11.6. The molecule has 1 aromatic carbocycles. The van der Waals surface area contributed by atoms with Crippen LogP contribution >= 0.6 is 11.6 Å². The number of aryl methyl sites for hydroxylation is 1. The molecule has 3 nitrogen and oxygen atoms in total. The average molecular weight is 281 g/mol. The zero-order valence-corrected chi connectivity index (χ0v) is 12.3. The largest absolute Gasteiger partial charge is 0.324 e. The van der Waals surface area contributed by atoms with Crippen LogP contribution in [-0.4, -0.2) is 19.0 Å². The van der Waals surface area contributed by atoms with Crippen molar-refractivity contribution < 1.29 is 4.79 Å². The molecule has 1 amide bonds. The molecule has 0 radical (unpaired) electrons. The lowest BCUT2D eigenvalue weighted by molar-refractivity contribution is -0.125. The highest BCUT2D eigenvalue weighted by Crippen LogP contribution is 2.34. The summed E-state index contributed by atoms with van der Waals surface area (Å²) in [5.41, 5.74) is 1.47. The molecule has 1 unspecified atom stereocenters. The third-order valence-electron chi connectivity index (χ3n) is 3.91. The fourth-order valence-corrected chi connectivity index (χ4v) is 3.05. The van der Waals surface area contributed by atoms with Gasteiger partial charge in [0.25, 0.3) is 0 Å². The Morgan fingerprint density at radius 3 is 2.89 bits per heavy atom. The standard InChI is InChI=1S/C15H21ClN2O/c1-3-7-15(8-9-17-10-15)14(19)18-13-11(2)5-4-6-12(13)16/h4-6,17H,3,7-10H2,1-2H3,(H,18,19). The summed E-state index contributed by atoms with van der Waals surface area (Å²) < 4.78 is 0. The lowest BCUT2D eigenvalue weighted by Crippen LogP contribution is -2.38. The molecule has 1 atom stereocenters. The van der Waals surface area contributed by atoms with Crippen LogP contribution in [0.4, 0.5) is 5.69 Å². The van der Waals surface area contributed by atoms with Crippen LogP contribution in [-0.2, 0) is 4.79 Å². The van der Waals surface area contributed by atoms with E-state index in [-0.39, 0.29) is 11.3 Å². The van der Waals surface area contributed by atoms with E-state index >= 15 is 0 Å². The number of amides is 1. The summed E-state index contributed by atoms with van der Waals surface area (Å²) in [4.78, 5) is 12.6. The van der Waals surface area contributed by atoms with Crippen molar-refractivity contribution in [1.82, 2.24) is 5.32 Å². The smallest absolute Gasteiger partial charge is 0.231 e. The highest BCUT2D eigenvalue weighted by molar-refractivity contribution is 6.34. The van der Waals surface area contributed by atoms with Crippen LogP contribution in [0.1, 0.15) is 31.7 Å². The van der Waals surface area contributed by atoms with E-state index in [4.69, 9.17) is 11.6 Å². The Labute approximate surface area is 119 Å². The Balaban J connectivity index is 2.20. The molecule has 0 aromatic heterocycles. The van der Waals surface area contributed by atoms with Gasteiger partial charge in [-0.05, 0) is 37.9 Å². The predicted molar refractivity (Wildman–Crippen MR) is 79.6 cm³/mol. The van der Waals surface area contributed by atoms with Crippen LogP contribution in [0, 0.1) is 12.3 Å². The van der Waals surface area contributed by atoms with Crippen LogP contribution in [0.3, 0.4) is 0 Å². The molecule has 19 heavy (non-hydrogen) atoms. The van der Waals surface area contributed by atoms with Gasteiger partial charge in [-0.2, -0.15) is 0 Å². The molecule has 1 aliphatic heterocycles. The second kappa shape index (κ2) is 5.93. The van der Waals surface area contributed by atoms with E-state index in [1.807, 2.05) is 25.1 Å². The van der Waals surface area contributed by atoms with Crippen molar-refractivity contribution in [2.45, 2.75) is 33.1 Å². The number of nitrogens with one attached hydrogen (secondary N) is 2. The van der Waals surface area contributed by atoms with Crippen LogP contribution < -0.4 is 10.6 Å². The molecular weight excluding hydrogens is 260 g/mol. The zero-order chi connectivity index (χ0) is 13.9. The molecule has 4 heteroatoms. The van der Waals surface area contributed by atoms with Gasteiger partial charge in [0.05, 0.1) is 16.1 Å². The summed E-state index contributed by atoms with van der Waals surface area (Å²) in [5, 5.41) is 6.94. The van der Waals surface area contributed by atoms with Gasteiger partial charge in [-0.15, -0.1) is 0 Å². The predicted octanol–water partition coefficient (Wildman–Crippen LogP) is 3.37. The summed E-state index contributed by atoms with van der Waals surface area (Å²) >= 11 is 6.17. The molecule has 1 aliphatic rings. The number of rotatable bonds is 4. The number of benzene rings is 1. The molecule has 1 fully saturated rings. The number of carbonyl (C=O) groups is 1. The van der Waals surface area contributed by atoms with E-state index in [0.29, 0.717) is 5.02 Å². The second-order valence-electron chi connectivity index (χ2n) is 5.34. The van der Waals surface area contributed by atoms with Gasteiger partial charge < -0.3 is 10.6 Å². The second-order valence-corrected chi connectivity index (χ2v) is 5.75. The van der Waals surface area contributed by atoms with Crippen molar-refractivity contribution >= 4 is 23.2 Å². The fraction of sp³-hybridized carbons (Fsp3) is 0.533. The van der Waals surface area contributed by atoms with Gasteiger partial charge in [-0.3, -0.25) is 4.79 Å². The van der Waals surface area contributed by atoms with Crippen LogP contribution in [0.5, 0.6) is 0 Å². The monoisotopic (exact) mass is 280 g/mol. The third-order valence-corrected chi connectivity index (χ3v) is 4.23. The van der Waals surface area contributed by atoms with Crippen molar-refractivity contribution in [3.05, 3.63) is 28.8 Å². The number of para-hydroxylation sites is 1. The quantitative estimate of drug-likeness (QED) is 0.888. The summed E-state index contributed by atoms with van der Waals surface area (Å²) in [6.45, 7) is 5.75. The molecule has 104 valence electrons. The molecule has 1 heterocycles. The first-order valence-corrected chi connectivity index (χ1v) is 7.24. The molecule has 2 N–H and O–H groups in total. The first kappa shape index (κ1) is 14.4. The minimum Gasteiger partial charge on any atom is -0.324 e. The number of halogens is 1. The van der Waals surface area contributed by atoms with Gasteiger partial charge in [-0.25, -0.2) is 0 Å². The van der Waals surface area contributed by atoms with Gasteiger partial charge in [0.2, 0.25) is 5.91 Å². The van der Waals surface area contributed by atoms with E-state index in [2.05, 4.69) is 17.6 Å². The Bertz CT molecular complexity index is 447. The van der Waals surface area contributed by atoms with E-state index in [1.165, 1.54) is 0 Å². The van der Waals surface area contributed by atoms with E-state index < -0.39 is 0 Å². The van der Waals surface area contributed by atoms with Crippen LogP contribution in [0.25, 0.3) is 0 Å². The van der Waals surface area contributed by atoms with E-state index in [1.54, 1.807) is 0 Å². The van der Waals surface area contributed by atoms with Gasteiger partial charge in [0.1, 0.15) is 0 Å². The Kier molecular flexibility index (Phi) is 4.48. The topological polar surface area (TPSA) is 41.1 Å². The summed E-state index contributed by atoms with van der Waals surface area (Å²) in [5.74, 6) is 0.0931. The molecule has 1 aromatic rings. The van der Waals surface area contributed by atoms with Gasteiger partial charge >= 0.3 is 0 Å². The summed E-state index contributed by atoms with van der Waals surface area (Å²) in [6, 6.07) is 5.66. The minimum absolute atomic E-state index is 0.0931. The fourth-order valence-electron chi connectivity index (χ4n) is 2.78. The third kappa shape index (κ3) is 2.93. The highest BCUT2D eigenvalue weighted by Gasteiger charge is 2.40. The van der Waals surface area contributed by atoms with Gasteiger partial charge in [0, 0.05) is 6.54 Å².